The second-order valence-electron chi connectivity index (χ2n) is 2.18. The van der Waals surface area contributed by atoms with Crippen LogP contribution in [-0.4, -0.2) is 25.7 Å². The zero-order valence-electron chi connectivity index (χ0n) is 6.93. The van der Waals surface area contributed by atoms with E-state index < -0.39 is 0 Å². The molecule has 0 aromatic carbocycles. The normalized spacial score (nSPS) is 14.2. The van der Waals surface area contributed by atoms with E-state index in [1.807, 2.05) is 0 Å². The van der Waals surface area contributed by atoms with Gasteiger partial charge in [-0.1, -0.05) is 23.2 Å². The van der Waals surface area contributed by atoms with Gasteiger partial charge in [0.2, 0.25) is 0 Å². The number of rotatable bonds is 4. The van der Waals surface area contributed by atoms with Gasteiger partial charge in [-0.05, 0) is 6.92 Å². The van der Waals surface area contributed by atoms with E-state index in [9.17, 15) is 4.79 Å². The van der Waals surface area contributed by atoms with Gasteiger partial charge in [-0.15, -0.1) is 0 Å². The second-order valence-corrected chi connectivity index (χ2v) is 2.89. The lowest BCUT2D eigenvalue weighted by atomic mass is 10.3. The van der Waals surface area contributed by atoms with Crippen LogP contribution in [0, 0.1) is 0 Å². The number of methoxy groups -OCH3 is 1. The zero-order valence-corrected chi connectivity index (χ0v) is 8.45. The Balaban J connectivity index is 3.71. The molecule has 3 nitrogen and oxygen atoms in total. The predicted octanol–water partition coefficient (Wildman–Crippen LogP) is 1.46. The Hall–Kier alpha value is -0.250. The van der Waals surface area contributed by atoms with E-state index in [0.29, 0.717) is 11.6 Å². The zero-order chi connectivity index (χ0) is 9.56. The first-order valence-corrected chi connectivity index (χ1v) is 4.19. The van der Waals surface area contributed by atoms with E-state index >= 15 is 0 Å². The highest BCUT2D eigenvalue weighted by Gasteiger charge is 2.11. The fourth-order valence-corrected chi connectivity index (χ4v) is 0.704. The van der Waals surface area contributed by atoms with Crippen LogP contribution in [-0.2, 0) is 9.53 Å². The molecule has 0 aromatic heterocycles. The van der Waals surface area contributed by atoms with Crippen LogP contribution in [0.15, 0.2) is 10.6 Å². The van der Waals surface area contributed by atoms with Crippen molar-refractivity contribution in [3.63, 3.8) is 0 Å². The fraction of sp³-hybridized carbons (Fsp3) is 0.571. The summed E-state index contributed by atoms with van der Waals surface area (Å²) >= 11 is 10.9. The first kappa shape index (κ1) is 11.8. The highest BCUT2D eigenvalue weighted by atomic mass is 35.5. The van der Waals surface area contributed by atoms with Crippen LogP contribution in [0.2, 0.25) is 0 Å². The molecule has 0 aliphatic carbocycles. The molecule has 5 heteroatoms. The molecule has 0 fully saturated rings. The first-order valence-electron chi connectivity index (χ1n) is 3.37. The van der Waals surface area contributed by atoms with Crippen LogP contribution in [0.4, 0.5) is 0 Å². The molecular weight excluding hydrogens is 201 g/mol. The fourth-order valence-electron chi connectivity index (χ4n) is 0.549. The molecule has 1 unspecified atom stereocenters. The lowest BCUT2D eigenvalue weighted by molar-refractivity contribution is -0.142. The van der Waals surface area contributed by atoms with Gasteiger partial charge in [-0.3, -0.25) is 10.1 Å². The molecule has 0 amide bonds. The Bertz CT molecular complexity index is 182. The first-order chi connectivity index (χ1) is 5.61. The Morgan fingerprint density at radius 1 is 1.75 bits per heavy atom. The molecule has 0 saturated heterocycles. The van der Waals surface area contributed by atoms with Crippen molar-refractivity contribution in [3.05, 3.63) is 10.6 Å². The summed E-state index contributed by atoms with van der Waals surface area (Å²) < 4.78 is 4.48. The van der Waals surface area contributed by atoms with Crippen molar-refractivity contribution in [3.8, 4) is 0 Å². The average molecular weight is 212 g/mol. The summed E-state index contributed by atoms with van der Waals surface area (Å²) in [7, 11) is 1.33. The Morgan fingerprint density at radius 3 is 2.75 bits per heavy atom. The molecule has 0 spiro atoms. The van der Waals surface area contributed by atoms with Crippen LogP contribution < -0.4 is 5.32 Å². The number of nitrogens with one attached hydrogen (secondary N) is 1. The Morgan fingerprint density at radius 2 is 2.33 bits per heavy atom. The molecule has 0 saturated carbocycles. The molecule has 0 aromatic rings. The molecule has 0 heterocycles. The summed E-state index contributed by atoms with van der Waals surface area (Å²) in [6, 6.07) is -0.375. The molecule has 1 atom stereocenters. The van der Waals surface area contributed by atoms with Gasteiger partial charge in [0.15, 0.2) is 0 Å². The molecule has 12 heavy (non-hydrogen) atoms. The van der Waals surface area contributed by atoms with Gasteiger partial charge in [0.05, 0.1) is 7.11 Å². The summed E-state index contributed by atoms with van der Waals surface area (Å²) in [5, 5.41) is 3.28. The number of halogens is 2. The van der Waals surface area contributed by atoms with E-state index in [-0.39, 0.29) is 12.0 Å². The van der Waals surface area contributed by atoms with E-state index in [1.54, 1.807) is 6.92 Å². The number of esters is 1. The third-order valence-electron chi connectivity index (χ3n) is 1.25. The van der Waals surface area contributed by atoms with Crippen LogP contribution in [0.25, 0.3) is 0 Å². The topological polar surface area (TPSA) is 38.3 Å². The van der Waals surface area contributed by atoms with E-state index in [4.69, 9.17) is 23.2 Å². The van der Waals surface area contributed by atoms with Crippen molar-refractivity contribution in [1.82, 2.24) is 5.32 Å². The third kappa shape index (κ3) is 4.59. The SMILES string of the molecule is COC(=O)C(C)NCC(Cl)=CCl. The molecule has 0 aliphatic heterocycles. The quantitative estimate of drug-likeness (QED) is 0.717. The van der Waals surface area contributed by atoms with Crippen molar-refractivity contribution in [2.24, 2.45) is 0 Å². The lowest BCUT2D eigenvalue weighted by Gasteiger charge is -2.09. The highest BCUT2D eigenvalue weighted by Crippen LogP contribution is 2.01. The summed E-state index contributed by atoms with van der Waals surface area (Å²) in [4.78, 5) is 10.8. The van der Waals surface area contributed by atoms with Crippen LogP contribution in [0.3, 0.4) is 0 Å². The largest absolute Gasteiger partial charge is 0.468 e. The van der Waals surface area contributed by atoms with E-state index in [0.717, 1.165) is 0 Å². The average Bonchev–Trinajstić information content (AvgIpc) is 2.11. The van der Waals surface area contributed by atoms with Gasteiger partial charge < -0.3 is 4.74 Å². The van der Waals surface area contributed by atoms with E-state index in [1.165, 1.54) is 12.6 Å². The minimum absolute atomic E-state index is 0.325. The maximum Gasteiger partial charge on any atom is 0.322 e. The minimum atomic E-state index is -0.375. The Kier molecular flexibility index (Phi) is 6.16. The maximum atomic E-state index is 10.8. The highest BCUT2D eigenvalue weighted by molar-refractivity contribution is 6.36. The van der Waals surface area contributed by atoms with E-state index in [2.05, 4.69) is 10.1 Å². The number of hydrogen-bond acceptors (Lipinski definition) is 3. The van der Waals surface area contributed by atoms with Crippen molar-refractivity contribution < 1.29 is 9.53 Å². The van der Waals surface area contributed by atoms with Gasteiger partial charge in [-0.2, -0.15) is 0 Å². The summed E-state index contributed by atoms with van der Waals surface area (Å²) in [6.07, 6.45) is 0. The molecule has 0 rings (SSSR count). The van der Waals surface area contributed by atoms with Crippen molar-refractivity contribution in [2.75, 3.05) is 13.7 Å². The number of hydrogen-bond donors (Lipinski definition) is 1. The van der Waals surface area contributed by atoms with Gasteiger partial charge in [0, 0.05) is 17.1 Å². The molecular formula is C7H11Cl2NO2. The second kappa shape index (κ2) is 6.29. The number of ether oxygens (including phenoxy) is 1. The molecule has 0 radical (unpaired) electrons. The van der Waals surface area contributed by atoms with Crippen LogP contribution in [0.1, 0.15) is 6.92 Å². The van der Waals surface area contributed by atoms with Gasteiger partial charge in [0.25, 0.3) is 0 Å². The van der Waals surface area contributed by atoms with Gasteiger partial charge >= 0.3 is 5.97 Å². The molecule has 1 N–H and O–H groups in total. The van der Waals surface area contributed by atoms with Crippen molar-refractivity contribution >= 4 is 29.2 Å². The van der Waals surface area contributed by atoms with Crippen molar-refractivity contribution in [2.45, 2.75) is 13.0 Å². The van der Waals surface area contributed by atoms with Crippen LogP contribution >= 0.6 is 23.2 Å². The lowest BCUT2D eigenvalue weighted by Crippen LogP contribution is -2.35. The smallest absolute Gasteiger partial charge is 0.322 e. The molecule has 70 valence electrons. The Labute approximate surface area is 81.7 Å². The monoisotopic (exact) mass is 211 g/mol. The van der Waals surface area contributed by atoms with Crippen molar-refractivity contribution in [1.29, 1.82) is 0 Å². The molecule has 0 aliphatic rings. The third-order valence-corrected chi connectivity index (χ3v) is 1.87. The summed E-state index contributed by atoms with van der Waals surface area (Å²) in [5.74, 6) is -0.325. The predicted molar refractivity (Wildman–Crippen MR) is 49.3 cm³/mol. The maximum absolute atomic E-state index is 10.8. The van der Waals surface area contributed by atoms with Gasteiger partial charge in [-0.25, -0.2) is 0 Å². The van der Waals surface area contributed by atoms with Crippen LogP contribution in [0.5, 0.6) is 0 Å². The van der Waals surface area contributed by atoms with Gasteiger partial charge in [0.1, 0.15) is 6.04 Å². The summed E-state index contributed by atoms with van der Waals surface area (Å²) in [6.45, 7) is 2.05. The standard InChI is InChI=1S/C7H11Cl2NO2/c1-5(7(11)12-2)10-4-6(9)3-8/h3,5,10H,4H2,1-2H3. The summed E-state index contributed by atoms with van der Waals surface area (Å²) in [5.41, 5.74) is 1.25. The molecule has 0 bridgehead atoms. The minimum Gasteiger partial charge on any atom is -0.468 e. The number of carbonyl (C=O) groups excluding carboxylic acids is 1. The number of carbonyl (C=O) groups is 1.